The van der Waals surface area contributed by atoms with Crippen LogP contribution in [0.1, 0.15) is 5.56 Å². The van der Waals surface area contributed by atoms with Crippen molar-refractivity contribution in [1.29, 1.82) is 0 Å². The third kappa shape index (κ3) is 3.49. The number of benzene rings is 1. The van der Waals surface area contributed by atoms with Crippen molar-refractivity contribution in [3.63, 3.8) is 0 Å². The maximum absolute atomic E-state index is 12.4. The number of ether oxygens (including phenoxy) is 1. The minimum atomic E-state index is -1.10. The van der Waals surface area contributed by atoms with Gasteiger partial charge >= 0.3 is 5.69 Å². The molecular formula is C15H23BrN2O2Si. The first kappa shape index (κ1) is 16.5. The van der Waals surface area contributed by atoms with Crippen molar-refractivity contribution in [3.05, 3.63) is 32.7 Å². The summed E-state index contributed by atoms with van der Waals surface area (Å²) in [5.74, 6) is 0. The Labute approximate surface area is 134 Å². The molecule has 1 aromatic carbocycles. The molecular weight excluding hydrogens is 348 g/mol. The van der Waals surface area contributed by atoms with E-state index in [2.05, 4.69) is 35.6 Å². The topological polar surface area (TPSA) is 36.2 Å². The summed E-state index contributed by atoms with van der Waals surface area (Å²) in [7, 11) is 0.700. The first-order chi connectivity index (χ1) is 9.72. The number of aryl methyl sites for hydroxylation is 2. The predicted octanol–water partition coefficient (Wildman–Crippen LogP) is 3.72. The third-order valence-electron chi connectivity index (χ3n) is 3.65. The Morgan fingerprint density at radius 2 is 1.95 bits per heavy atom. The van der Waals surface area contributed by atoms with Gasteiger partial charge in [-0.15, -0.1) is 0 Å². The largest absolute Gasteiger partial charge is 0.361 e. The maximum Gasteiger partial charge on any atom is 0.330 e. The Hall–Kier alpha value is -0.853. The zero-order chi connectivity index (χ0) is 15.8. The molecule has 0 aliphatic carbocycles. The molecule has 2 aromatic rings. The van der Waals surface area contributed by atoms with Gasteiger partial charge in [0, 0.05) is 26.2 Å². The minimum Gasteiger partial charge on any atom is -0.361 e. The van der Waals surface area contributed by atoms with Crippen LogP contribution < -0.4 is 5.69 Å². The fourth-order valence-corrected chi connectivity index (χ4v) is 3.59. The van der Waals surface area contributed by atoms with E-state index in [-0.39, 0.29) is 5.69 Å². The van der Waals surface area contributed by atoms with Crippen LogP contribution in [0.25, 0.3) is 11.0 Å². The van der Waals surface area contributed by atoms with Gasteiger partial charge in [0.1, 0.15) is 6.73 Å². The fourth-order valence-electron chi connectivity index (χ4n) is 2.23. The van der Waals surface area contributed by atoms with Crippen LogP contribution in [-0.4, -0.2) is 23.8 Å². The lowest BCUT2D eigenvalue weighted by molar-refractivity contribution is 0.0873. The Bertz CT molecular complexity index is 713. The maximum atomic E-state index is 12.4. The van der Waals surface area contributed by atoms with Crippen LogP contribution in [-0.2, 0) is 18.5 Å². The first-order valence-electron chi connectivity index (χ1n) is 7.14. The molecule has 0 saturated carbocycles. The molecule has 0 fully saturated rings. The van der Waals surface area contributed by atoms with Crippen molar-refractivity contribution in [3.8, 4) is 0 Å². The molecule has 0 N–H and O–H groups in total. The highest BCUT2D eigenvalue weighted by Crippen LogP contribution is 2.26. The van der Waals surface area contributed by atoms with E-state index < -0.39 is 8.07 Å². The van der Waals surface area contributed by atoms with Gasteiger partial charge < -0.3 is 4.74 Å². The van der Waals surface area contributed by atoms with E-state index in [4.69, 9.17) is 4.74 Å². The number of nitrogens with zero attached hydrogens (tertiary/aromatic N) is 2. The second-order valence-electron chi connectivity index (χ2n) is 6.68. The SMILES string of the molecule is Cc1ccc2c(c1Br)n(C)c(=O)n2COCC[Si](C)(C)C. The molecule has 0 aliphatic heterocycles. The molecule has 4 nitrogen and oxygen atoms in total. The number of hydrogen-bond donors (Lipinski definition) is 0. The molecule has 0 atom stereocenters. The molecule has 1 aromatic heterocycles. The van der Waals surface area contributed by atoms with E-state index in [1.807, 2.05) is 19.1 Å². The second kappa shape index (κ2) is 6.10. The van der Waals surface area contributed by atoms with Gasteiger partial charge in [0.15, 0.2) is 0 Å². The highest BCUT2D eigenvalue weighted by Gasteiger charge is 2.15. The van der Waals surface area contributed by atoms with Crippen LogP contribution in [0.5, 0.6) is 0 Å². The Morgan fingerprint density at radius 1 is 1.29 bits per heavy atom. The van der Waals surface area contributed by atoms with Crippen LogP contribution in [0.4, 0.5) is 0 Å². The number of hydrogen-bond acceptors (Lipinski definition) is 2. The molecule has 116 valence electrons. The monoisotopic (exact) mass is 370 g/mol. The lowest BCUT2D eigenvalue weighted by Crippen LogP contribution is -2.25. The Balaban J connectivity index is 2.27. The van der Waals surface area contributed by atoms with Crippen LogP contribution in [0.15, 0.2) is 21.4 Å². The summed E-state index contributed by atoms with van der Waals surface area (Å²) < 4.78 is 10.1. The highest BCUT2D eigenvalue weighted by molar-refractivity contribution is 9.10. The predicted molar refractivity (Wildman–Crippen MR) is 93.7 cm³/mol. The number of rotatable bonds is 5. The van der Waals surface area contributed by atoms with Gasteiger partial charge in [0.2, 0.25) is 0 Å². The van der Waals surface area contributed by atoms with E-state index in [1.165, 1.54) is 0 Å². The summed E-state index contributed by atoms with van der Waals surface area (Å²) >= 11 is 3.58. The van der Waals surface area contributed by atoms with Crippen molar-refractivity contribution < 1.29 is 4.74 Å². The van der Waals surface area contributed by atoms with Gasteiger partial charge in [-0.2, -0.15) is 0 Å². The van der Waals surface area contributed by atoms with Gasteiger partial charge in [0.25, 0.3) is 0 Å². The lowest BCUT2D eigenvalue weighted by Gasteiger charge is -2.15. The van der Waals surface area contributed by atoms with Gasteiger partial charge in [0.05, 0.1) is 11.0 Å². The molecule has 2 rings (SSSR count). The lowest BCUT2D eigenvalue weighted by atomic mass is 10.2. The molecule has 0 bridgehead atoms. The summed E-state index contributed by atoms with van der Waals surface area (Å²) in [5, 5.41) is 0. The second-order valence-corrected chi connectivity index (χ2v) is 13.1. The van der Waals surface area contributed by atoms with Crippen LogP contribution >= 0.6 is 15.9 Å². The van der Waals surface area contributed by atoms with E-state index in [9.17, 15) is 4.79 Å². The van der Waals surface area contributed by atoms with E-state index in [0.29, 0.717) is 13.3 Å². The van der Waals surface area contributed by atoms with Crippen molar-refractivity contribution >= 4 is 35.0 Å². The molecule has 0 saturated heterocycles. The Kier molecular flexibility index (Phi) is 4.80. The number of fused-ring (bicyclic) bond motifs is 1. The Morgan fingerprint density at radius 3 is 2.57 bits per heavy atom. The molecule has 1 heterocycles. The number of imidazole rings is 1. The normalized spacial score (nSPS) is 12.3. The molecule has 0 spiro atoms. The summed E-state index contributed by atoms with van der Waals surface area (Å²) in [5.41, 5.74) is 2.92. The first-order valence-corrected chi connectivity index (χ1v) is 11.6. The quantitative estimate of drug-likeness (QED) is 0.593. The molecule has 6 heteroatoms. The third-order valence-corrected chi connectivity index (χ3v) is 6.35. The van der Waals surface area contributed by atoms with E-state index >= 15 is 0 Å². The van der Waals surface area contributed by atoms with Crippen LogP contribution in [0.3, 0.4) is 0 Å². The van der Waals surface area contributed by atoms with Gasteiger partial charge in [-0.3, -0.25) is 9.13 Å². The summed E-state index contributed by atoms with van der Waals surface area (Å²) in [4.78, 5) is 12.4. The van der Waals surface area contributed by atoms with Crippen LogP contribution in [0.2, 0.25) is 25.7 Å². The van der Waals surface area contributed by atoms with Crippen molar-refractivity contribution in [2.75, 3.05) is 6.61 Å². The zero-order valence-corrected chi connectivity index (χ0v) is 16.0. The van der Waals surface area contributed by atoms with E-state index in [1.54, 1.807) is 16.2 Å². The van der Waals surface area contributed by atoms with Gasteiger partial charge in [-0.05, 0) is 40.5 Å². The molecule has 0 aliphatic rings. The van der Waals surface area contributed by atoms with Gasteiger partial charge in [-0.1, -0.05) is 25.7 Å². The summed E-state index contributed by atoms with van der Waals surface area (Å²) in [6, 6.07) is 5.11. The van der Waals surface area contributed by atoms with Crippen molar-refractivity contribution in [1.82, 2.24) is 9.13 Å². The van der Waals surface area contributed by atoms with Crippen LogP contribution in [0, 0.1) is 6.92 Å². The van der Waals surface area contributed by atoms with Crippen molar-refractivity contribution in [2.24, 2.45) is 7.05 Å². The number of aromatic nitrogens is 2. The van der Waals surface area contributed by atoms with E-state index in [0.717, 1.165) is 27.1 Å². The molecule has 0 amide bonds. The standard InChI is InChI=1S/C15H23BrN2O2Si/c1-11-6-7-12-14(13(11)16)17(2)15(19)18(12)10-20-8-9-21(3,4)5/h6-7H,8-10H2,1-5H3. The average molecular weight is 371 g/mol. The highest BCUT2D eigenvalue weighted by atomic mass is 79.9. The van der Waals surface area contributed by atoms with Gasteiger partial charge in [-0.25, -0.2) is 4.79 Å². The average Bonchev–Trinajstić information content (AvgIpc) is 2.62. The summed E-state index contributed by atoms with van der Waals surface area (Å²) in [6.07, 6.45) is 0. The molecule has 21 heavy (non-hydrogen) atoms. The molecule has 0 radical (unpaired) electrons. The minimum absolute atomic E-state index is 0.0377. The fraction of sp³-hybridized carbons (Fsp3) is 0.533. The number of halogens is 1. The van der Waals surface area contributed by atoms with Crippen molar-refractivity contribution in [2.45, 2.75) is 39.3 Å². The molecule has 0 unspecified atom stereocenters. The smallest absolute Gasteiger partial charge is 0.330 e. The zero-order valence-electron chi connectivity index (χ0n) is 13.4. The summed E-state index contributed by atoms with van der Waals surface area (Å²) in [6.45, 7) is 10.0.